The standard InChI is InChI=1S/C45H36N4O/c1-28-12-14-31(15-13-28)44-38-24-20-34(46-38)42(29-8-4-2-5-9-29)36-22-26-40(48-36)45(32-16-18-33(50)19-17-32)41-27-23-37(49-41)43(30-10-6-3-7-11-30)35-21-25-39(44)47-35/h2-12,14,16,18,20-27,46,49-50H,13,15,17,19H2,1H3. The molecule has 5 aromatic rings. The first-order chi connectivity index (χ1) is 24.6. The fourth-order valence-electron chi connectivity index (χ4n) is 7.48. The molecule has 2 aromatic carbocycles. The van der Waals surface area contributed by atoms with Gasteiger partial charge < -0.3 is 15.1 Å². The third-order valence-corrected chi connectivity index (χ3v) is 10.0. The summed E-state index contributed by atoms with van der Waals surface area (Å²) in [6.07, 6.45) is 20.2. The molecule has 0 atom stereocenters. The van der Waals surface area contributed by atoms with Gasteiger partial charge in [-0.2, -0.15) is 0 Å². The number of aromatic nitrogens is 4. The van der Waals surface area contributed by atoms with Crippen molar-refractivity contribution in [2.24, 2.45) is 0 Å². The van der Waals surface area contributed by atoms with Gasteiger partial charge in [-0.25, -0.2) is 9.97 Å². The van der Waals surface area contributed by atoms with Crippen LogP contribution in [0.3, 0.4) is 0 Å². The Morgan fingerprint density at radius 2 is 0.880 bits per heavy atom. The van der Waals surface area contributed by atoms with Crippen LogP contribution in [0, 0.1) is 0 Å². The van der Waals surface area contributed by atoms with Gasteiger partial charge in [0.15, 0.2) is 0 Å². The first-order valence-corrected chi connectivity index (χ1v) is 17.3. The van der Waals surface area contributed by atoms with Gasteiger partial charge in [0.25, 0.3) is 0 Å². The second kappa shape index (κ2) is 12.4. The Hall–Kier alpha value is -6.20. The minimum absolute atomic E-state index is 0.400. The molecule has 242 valence electrons. The minimum Gasteiger partial charge on any atom is -0.512 e. The van der Waals surface area contributed by atoms with E-state index in [0.29, 0.717) is 12.2 Å². The molecule has 0 saturated carbocycles. The molecule has 5 nitrogen and oxygen atoms in total. The van der Waals surface area contributed by atoms with Gasteiger partial charge in [0, 0.05) is 50.7 Å². The predicted molar refractivity (Wildman–Crippen MR) is 209 cm³/mol. The van der Waals surface area contributed by atoms with E-state index in [0.717, 1.165) is 103 Å². The Bertz CT molecular complexity index is 2360. The molecule has 0 fully saturated rings. The SMILES string of the molecule is CC1=CC=C(c2c3nc(c(-c4ccccc4)c4ccc([nH]4)c(C4=CC=C(O)CC4)c4nc(c(-c5ccccc5)c5ccc2[nH]5)C=C4)C=C3)CC1. The molecule has 0 unspecified atom stereocenters. The lowest BCUT2D eigenvalue weighted by Gasteiger charge is -2.13. The normalized spacial score (nSPS) is 15.4. The lowest BCUT2D eigenvalue weighted by Crippen LogP contribution is -1.96. The Kier molecular flexibility index (Phi) is 7.39. The average Bonchev–Trinajstić information content (AvgIpc) is 3.98. The van der Waals surface area contributed by atoms with Crippen LogP contribution in [0.5, 0.6) is 0 Å². The number of nitrogens with zero attached hydrogens (tertiary/aromatic N) is 2. The highest BCUT2D eigenvalue weighted by Crippen LogP contribution is 2.39. The number of hydrogen-bond donors (Lipinski definition) is 3. The largest absolute Gasteiger partial charge is 0.512 e. The summed E-state index contributed by atoms with van der Waals surface area (Å²) < 4.78 is 0. The van der Waals surface area contributed by atoms with E-state index in [1.165, 1.54) is 11.1 Å². The van der Waals surface area contributed by atoms with Gasteiger partial charge in [-0.1, -0.05) is 84.5 Å². The van der Waals surface area contributed by atoms with E-state index in [9.17, 15) is 5.11 Å². The van der Waals surface area contributed by atoms with Crippen LogP contribution in [-0.2, 0) is 0 Å². The minimum atomic E-state index is 0.400. The van der Waals surface area contributed by atoms with E-state index in [-0.39, 0.29) is 0 Å². The summed E-state index contributed by atoms with van der Waals surface area (Å²) >= 11 is 0. The van der Waals surface area contributed by atoms with Crippen molar-refractivity contribution in [3.63, 3.8) is 0 Å². The van der Waals surface area contributed by atoms with Gasteiger partial charge in [-0.05, 0) is 103 Å². The summed E-state index contributed by atoms with van der Waals surface area (Å²) in [6.45, 7) is 2.20. The van der Waals surface area contributed by atoms with E-state index in [1.807, 2.05) is 24.3 Å². The molecule has 4 aliphatic rings. The molecule has 0 radical (unpaired) electrons. The van der Waals surface area contributed by atoms with E-state index < -0.39 is 0 Å². The molecule has 0 spiro atoms. The van der Waals surface area contributed by atoms with Gasteiger partial charge >= 0.3 is 0 Å². The van der Waals surface area contributed by atoms with Crippen LogP contribution in [0.25, 0.3) is 79.8 Å². The molecule has 0 saturated heterocycles. The summed E-state index contributed by atoms with van der Waals surface area (Å²) in [6, 6.07) is 29.7. The highest BCUT2D eigenvalue weighted by molar-refractivity contribution is 5.98. The number of fused-ring (bicyclic) bond motifs is 8. The van der Waals surface area contributed by atoms with Gasteiger partial charge in [-0.15, -0.1) is 0 Å². The molecule has 3 N–H and O–H groups in total. The van der Waals surface area contributed by atoms with Crippen molar-refractivity contribution in [3.8, 4) is 22.3 Å². The molecular formula is C45H36N4O. The Morgan fingerprint density at radius 3 is 1.30 bits per heavy atom. The van der Waals surface area contributed by atoms with Crippen LogP contribution in [-0.4, -0.2) is 25.0 Å². The monoisotopic (exact) mass is 648 g/mol. The third kappa shape index (κ3) is 5.37. The number of aliphatic hydroxyl groups excluding tert-OH is 1. The first kappa shape index (κ1) is 29.9. The zero-order valence-corrected chi connectivity index (χ0v) is 27.9. The van der Waals surface area contributed by atoms with Crippen molar-refractivity contribution in [2.45, 2.75) is 32.6 Å². The second-order valence-corrected chi connectivity index (χ2v) is 13.3. The van der Waals surface area contributed by atoms with Gasteiger partial charge in [0.1, 0.15) is 0 Å². The van der Waals surface area contributed by atoms with Gasteiger partial charge in [-0.3, -0.25) is 0 Å². The van der Waals surface area contributed by atoms with Crippen molar-refractivity contribution < 1.29 is 5.11 Å². The fraction of sp³-hybridized carbons (Fsp3) is 0.111. The molecule has 2 aliphatic heterocycles. The number of benzene rings is 2. The Balaban J connectivity index is 1.46. The molecule has 5 heterocycles. The van der Waals surface area contributed by atoms with Crippen LogP contribution in [0.2, 0.25) is 0 Å². The van der Waals surface area contributed by atoms with Crippen molar-refractivity contribution in [1.82, 2.24) is 19.9 Å². The molecule has 9 rings (SSSR count). The van der Waals surface area contributed by atoms with Gasteiger partial charge in [0.2, 0.25) is 0 Å². The van der Waals surface area contributed by atoms with Crippen molar-refractivity contribution in [1.29, 1.82) is 0 Å². The number of nitrogens with one attached hydrogen (secondary N) is 2. The van der Waals surface area contributed by atoms with Gasteiger partial charge in [0.05, 0.1) is 28.5 Å². The number of allylic oxidation sites excluding steroid dienone is 8. The molecule has 50 heavy (non-hydrogen) atoms. The lowest BCUT2D eigenvalue weighted by molar-refractivity contribution is 0.388. The Labute approximate surface area is 291 Å². The van der Waals surface area contributed by atoms with Crippen LogP contribution >= 0.6 is 0 Å². The summed E-state index contributed by atoms with van der Waals surface area (Å²) in [5.74, 6) is 0.400. The molecule has 2 aliphatic carbocycles. The molecular weight excluding hydrogens is 613 g/mol. The van der Waals surface area contributed by atoms with Crippen molar-refractivity contribution in [2.75, 3.05) is 0 Å². The summed E-state index contributed by atoms with van der Waals surface area (Å²) in [7, 11) is 0. The molecule has 5 heteroatoms. The molecule has 8 bridgehead atoms. The van der Waals surface area contributed by atoms with Crippen LogP contribution in [0.15, 0.2) is 121 Å². The maximum Gasteiger partial charge on any atom is 0.0926 e. The second-order valence-electron chi connectivity index (χ2n) is 13.3. The van der Waals surface area contributed by atoms with E-state index in [4.69, 9.17) is 9.97 Å². The molecule has 3 aromatic heterocycles. The zero-order valence-electron chi connectivity index (χ0n) is 27.9. The number of aromatic amines is 2. The zero-order chi connectivity index (χ0) is 33.6. The van der Waals surface area contributed by atoms with Crippen LogP contribution in [0.4, 0.5) is 0 Å². The number of aliphatic hydroxyl groups is 1. The molecule has 0 amide bonds. The summed E-state index contributed by atoms with van der Waals surface area (Å²) in [4.78, 5) is 18.4. The predicted octanol–water partition coefficient (Wildman–Crippen LogP) is 11.7. The van der Waals surface area contributed by atoms with Crippen molar-refractivity contribution in [3.05, 3.63) is 154 Å². The Morgan fingerprint density at radius 1 is 0.460 bits per heavy atom. The smallest absolute Gasteiger partial charge is 0.0926 e. The highest BCUT2D eigenvalue weighted by atomic mass is 16.3. The maximum absolute atomic E-state index is 10.3. The fourth-order valence-corrected chi connectivity index (χ4v) is 7.48. The quantitative estimate of drug-likeness (QED) is 0.178. The van der Waals surface area contributed by atoms with E-state index in [2.05, 4.69) is 126 Å². The third-order valence-electron chi connectivity index (χ3n) is 10.0. The number of rotatable bonds is 4. The van der Waals surface area contributed by atoms with Crippen LogP contribution < -0.4 is 0 Å². The lowest BCUT2D eigenvalue weighted by atomic mass is 9.93. The first-order valence-electron chi connectivity index (χ1n) is 17.3. The summed E-state index contributed by atoms with van der Waals surface area (Å²) in [5, 5.41) is 10.3. The topological polar surface area (TPSA) is 77.6 Å². The summed E-state index contributed by atoms with van der Waals surface area (Å²) in [5.41, 5.74) is 17.8. The number of H-pyrrole nitrogens is 2. The van der Waals surface area contributed by atoms with E-state index >= 15 is 0 Å². The maximum atomic E-state index is 10.3. The number of hydrogen-bond acceptors (Lipinski definition) is 3. The average molecular weight is 649 g/mol. The van der Waals surface area contributed by atoms with Crippen LogP contribution in [0.1, 0.15) is 66.5 Å². The van der Waals surface area contributed by atoms with Crippen molar-refractivity contribution >= 4 is 57.5 Å². The van der Waals surface area contributed by atoms with E-state index in [1.54, 1.807) is 0 Å². The highest BCUT2D eigenvalue weighted by Gasteiger charge is 2.21.